The Morgan fingerprint density at radius 3 is 1.64 bits per heavy atom. The molecule has 0 radical (unpaired) electrons. The molecule has 2 nitrogen and oxygen atoms in total. The Morgan fingerprint density at radius 1 is 0.880 bits per heavy atom. The highest BCUT2D eigenvalue weighted by atomic mass is 14.9. The van der Waals surface area contributed by atoms with E-state index in [0.29, 0.717) is 12.1 Å². The van der Waals surface area contributed by atoms with Gasteiger partial charge in [-0.3, -0.25) is 0 Å². The molecule has 2 heteroatoms. The Morgan fingerprint density at radius 2 is 1.32 bits per heavy atom. The van der Waals surface area contributed by atoms with Crippen molar-refractivity contribution in [1.29, 1.82) is 5.26 Å². The largest absolute Gasteiger partial charge is 0.312 e. The van der Waals surface area contributed by atoms with E-state index in [9.17, 15) is 5.26 Å². The number of benzene rings is 2. The summed E-state index contributed by atoms with van der Waals surface area (Å²) in [5, 5.41) is 13.1. The van der Waals surface area contributed by atoms with Crippen LogP contribution in [0.25, 0.3) is 11.1 Å². The molecule has 132 valence electrons. The Kier molecular flexibility index (Phi) is 6.39. The lowest BCUT2D eigenvalue weighted by molar-refractivity contribution is 0.518. The van der Waals surface area contributed by atoms with E-state index < -0.39 is 5.41 Å². The highest BCUT2D eigenvalue weighted by molar-refractivity contribution is 5.82. The van der Waals surface area contributed by atoms with Crippen molar-refractivity contribution >= 4 is 0 Å². The highest BCUT2D eigenvalue weighted by Crippen LogP contribution is 2.50. The van der Waals surface area contributed by atoms with E-state index >= 15 is 0 Å². The number of rotatable bonds is 4. The van der Waals surface area contributed by atoms with E-state index in [2.05, 4.69) is 82.4 Å². The van der Waals surface area contributed by atoms with Gasteiger partial charge in [0.05, 0.1) is 6.07 Å². The molecule has 0 atom stereocenters. The zero-order valence-corrected chi connectivity index (χ0v) is 16.1. The fourth-order valence-electron chi connectivity index (χ4n) is 3.81. The first-order valence-corrected chi connectivity index (χ1v) is 9.33. The lowest BCUT2D eigenvalue weighted by Gasteiger charge is -2.23. The molecule has 1 aliphatic rings. The minimum Gasteiger partial charge on any atom is -0.312 e. The average Bonchev–Trinajstić information content (AvgIpc) is 2.86. The third-order valence-corrected chi connectivity index (χ3v) is 4.55. The molecule has 0 heterocycles. The summed E-state index contributed by atoms with van der Waals surface area (Å²) in [4.78, 5) is 0. The van der Waals surface area contributed by atoms with Crippen molar-refractivity contribution in [2.24, 2.45) is 0 Å². The Labute approximate surface area is 152 Å². The summed E-state index contributed by atoms with van der Waals surface area (Å²) in [5.41, 5.74) is 4.36. The smallest absolute Gasteiger partial charge is 0.108 e. The molecule has 0 saturated heterocycles. The molecule has 2 aromatic carbocycles. The number of hydrogen-bond donors (Lipinski definition) is 1. The van der Waals surface area contributed by atoms with Gasteiger partial charge in [0.15, 0.2) is 0 Å². The number of nitrogens with one attached hydrogen (secondary N) is 1. The van der Waals surface area contributed by atoms with E-state index in [1.165, 1.54) is 22.3 Å². The molecular formula is C23H30N2. The van der Waals surface area contributed by atoms with Crippen molar-refractivity contribution in [3.05, 3.63) is 59.7 Å². The summed E-state index contributed by atoms with van der Waals surface area (Å²) in [5.74, 6) is 0. The van der Waals surface area contributed by atoms with Crippen LogP contribution in [0.15, 0.2) is 48.5 Å². The van der Waals surface area contributed by atoms with Crippen LogP contribution in [0.2, 0.25) is 0 Å². The summed E-state index contributed by atoms with van der Waals surface area (Å²) in [6.45, 7) is 10.8. The summed E-state index contributed by atoms with van der Waals surface area (Å²) >= 11 is 0. The van der Waals surface area contributed by atoms with Crippen LogP contribution in [-0.2, 0) is 5.41 Å². The molecule has 0 aliphatic heterocycles. The van der Waals surface area contributed by atoms with Crippen molar-refractivity contribution in [3.8, 4) is 17.2 Å². The third kappa shape index (κ3) is 3.94. The van der Waals surface area contributed by atoms with E-state index in [0.717, 1.165) is 12.8 Å². The van der Waals surface area contributed by atoms with Crippen LogP contribution in [0.3, 0.4) is 0 Å². The molecule has 0 fully saturated rings. The van der Waals surface area contributed by atoms with Gasteiger partial charge in [-0.05, 0) is 28.7 Å². The second-order valence-corrected chi connectivity index (χ2v) is 7.33. The van der Waals surface area contributed by atoms with Crippen LogP contribution in [0.1, 0.15) is 58.6 Å². The van der Waals surface area contributed by atoms with Gasteiger partial charge in [-0.2, -0.15) is 5.26 Å². The Balaban J connectivity index is 0.000000277. The van der Waals surface area contributed by atoms with Crippen molar-refractivity contribution in [3.63, 3.8) is 0 Å². The van der Waals surface area contributed by atoms with Gasteiger partial charge in [-0.1, -0.05) is 89.6 Å². The molecule has 1 N–H and O–H groups in total. The van der Waals surface area contributed by atoms with E-state index in [1.54, 1.807) is 0 Å². The maximum absolute atomic E-state index is 9.79. The standard InChI is InChI=1S/C17H15N.C6H15N/c1-2-11-17(12-18)15-9-5-3-7-13(15)14-8-4-6-10-16(14)17;1-5(2)7-6(3)4/h3-10H,2,11H2,1H3;5-7H,1-4H3. The second-order valence-electron chi connectivity index (χ2n) is 7.33. The first-order valence-electron chi connectivity index (χ1n) is 9.33. The lowest BCUT2D eigenvalue weighted by atomic mass is 9.76. The van der Waals surface area contributed by atoms with Gasteiger partial charge in [-0.25, -0.2) is 0 Å². The topological polar surface area (TPSA) is 35.8 Å². The second kappa shape index (κ2) is 8.32. The number of fused-ring (bicyclic) bond motifs is 3. The van der Waals surface area contributed by atoms with Crippen molar-refractivity contribution in [2.75, 3.05) is 0 Å². The molecule has 25 heavy (non-hydrogen) atoms. The third-order valence-electron chi connectivity index (χ3n) is 4.55. The predicted molar refractivity (Wildman–Crippen MR) is 107 cm³/mol. The maximum atomic E-state index is 9.79. The van der Waals surface area contributed by atoms with Crippen LogP contribution >= 0.6 is 0 Å². The molecule has 0 saturated carbocycles. The summed E-state index contributed by atoms with van der Waals surface area (Å²) in [6.07, 6.45) is 1.90. The molecule has 1 aliphatic carbocycles. The summed E-state index contributed by atoms with van der Waals surface area (Å²) < 4.78 is 0. The predicted octanol–water partition coefficient (Wildman–Crippen LogP) is 5.67. The van der Waals surface area contributed by atoms with Crippen molar-refractivity contribution < 1.29 is 0 Å². The number of nitrogens with zero attached hydrogens (tertiary/aromatic N) is 1. The van der Waals surface area contributed by atoms with Crippen LogP contribution in [0.4, 0.5) is 0 Å². The zero-order valence-electron chi connectivity index (χ0n) is 16.1. The SMILES string of the molecule is CC(C)NC(C)C.CCCC1(C#N)c2ccccc2-c2ccccc21. The Hall–Kier alpha value is -2.11. The van der Waals surface area contributed by atoms with Crippen LogP contribution in [-0.4, -0.2) is 12.1 Å². The van der Waals surface area contributed by atoms with Crippen LogP contribution < -0.4 is 5.32 Å². The molecule has 3 rings (SSSR count). The first kappa shape index (κ1) is 19.2. The minimum absolute atomic E-state index is 0.443. The van der Waals surface area contributed by atoms with E-state index in [4.69, 9.17) is 0 Å². The van der Waals surface area contributed by atoms with Crippen LogP contribution in [0, 0.1) is 11.3 Å². The molecule has 0 spiro atoms. The van der Waals surface area contributed by atoms with E-state index in [1.807, 2.05) is 12.1 Å². The molecule has 0 bridgehead atoms. The normalized spacial score (nSPS) is 13.7. The lowest BCUT2D eigenvalue weighted by Crippen LogP contribution is -2.29. The average molecular weight is 335 g/mol. The van der Waals surface area contributed by atoms with Gasteiger partial charge >= 0.3 is 0 Å². The van der Waals surface area contributed by atoms with Gasteiger partial charge in [0.2, 0.25) is 0 Å². The Bertz CT molecular complexity index is 686. The van der Waals surface area contributed by atoms with Crippen molar-refractivity contribution in [1.82, 2.24) is 5.32 Å². The molecule has 0 unspecified atom stereocenters. The number of hydrogen-bond acceptors (Lipinski definition) is 2. The molecular weight excluding hydrogens is 304 g/mol. The van der Waals surface area contributed by atoms with Gasteiger partial charge < -0.3 is 5.32 Å². The van der Waals surface area contributed by atoms with Gasteiger partial charge in [0.25, 0.3) is 0 Å². The first-order chi connectivity index (χ1) is 12.0. The quantitative estimate of drug-likeness (QED) is 0.782. The fourth-order valence-corrected chi connectivity index (χ4v) is 3.81. The van der Waals surface area contributed by atoms with Gasteiger partial charge in [0, 0.05) is 12.1 Å². The molecule has 0 aromatic heterocycles. The number of nitriles is 1. The van der Waals surface area contributed by atoms with Gasteiger partial charge in [0.1, 0.15) is 5.41 Å². The van der Waals surface area contributed by atoms with E-state index in [-0.39, 0.29) is 0 Å². The minimum atomic E-state index is -0.443. The van der Waals surface area contributed by atoms with Crippen LogP contribution in [0.5, 0.6) is 0 Å². The summed E-state index contributed by atoms with van der Waals surface area (Å²) in [7, 11) is 0. The fraction of sp³-hybridized carbons (Fsp3) is 0.435. The molecule has 2 aromatic rings. The monoisotopic (exact) mass is 334 g/mol. The summed E-state index contributed by atoms with van der Waals surface area (Å²) in [6, 6.07) is 20.5. The highest BCUT2D eigenvalue weighted by Gasteiger charge is 2.42. The van der Waals surface area contributed by atoms with Gasteiger partial charge in [-0.15, -0.1) is 0 Å². The molecule has 0 amide bonds. The zero-order chi connectivity index (χ0) is 18.4. The maximum Gasteiger partial charge on any atom is 0.108 e. The van der Waals surface area contributed by atoms with Crippen molar-refractivity contribution in [2.45, 2.75) is 65.0 Å².